The number of hydrogen-bond donors (Lipinski definition) is 3. The predicted octanol–water partition coefficient (Wildman–Crippen LogP) is 26.2. The number of unbranched alkanes of at least 4 members (excludes halogenated alkanes) is 2. The first-order valence-electron chi connectivity index (χ1n) is 47.4. The molecular formula is C121H91B2BrI3Li2N12O8. The molecule has 149 heavy (non-hydrogen) atoms. The second-order valence-corrected chi connectivity index (χ2v) is 36.4. The fraction of sp³-hybridized carbons (Fsp3) is 0.0579. The molecule has 28 heteroatoms. The van der Waals surface area contributed by atoms with Crippen LogP contribution in [-0.4, -0.2) is 88.0 Å². The third kappa shape index (κ3) is 20.5. The van der Waals surface area contributed by atoms with Crippen molar-refractivity contribution in [2.24, 2.45) is 0 Å². The van der Waals surface area contributed by atoms with Gasteiger partial charge < -0.3 is 69.5 Å². The summed E-state index contributed by atoms with van der Waals surface area (Å²) < 4.78 is 40.9. The zero-order valence-electron chi connectivity index (χ0n) is 80.8. The summed E-state index contributed by atoms with van der Waals surface area (Å²) in [5, 5.41) is 40.4. The number of nitrogens with zero attached hydrogens (tertiary/aromatic N) is 12. The van der Waals surface area contributed by atoms with Crippen LogP contribution in [-0.2, 0) is 0 Å². The quantitative estimate of drug-likeness (QED) is 0.0585. The number of furan rings is 4. The van der Waals surface area contributed by atoms with E-state index in [1.165, 1.54) is 12.8 Å². The van der Waals surface area contributed by atoms with Crippen LogP contribution in [0.5, 0.6) is 5.75 Å². The zero-order chi connectivity index (χ0) is 99.8. The average molecular weight is 2340 g/mol. The van der Waals surface area contributed by atoms with E-state index in [2.05, 4.69) is 374 Å². The fourth-order valence-electron chi connectivity index (χ4n) is 19.0. The molecule has 28 rings (SSSR count). The molecular weight excluding hydrogens is 2250 g/mol. The zero-order valence-corrected chi connectivity index (χ0v) is 88.8. The molecule has 0 saturated carbocycles. The van der Waals surface area contributed by atoms with Crippen LogP contribution in [0, 0.1) is 17.4 Å². The molecule has 0 saturated heterocycles. The number of benzene rings is 16. The molecule has 0 unspecified atom stereocenters. The molecule has 0 spiro atoms. The van der Waals surface area contributed by atoms with Crippen molar-refractivity contribution in [3.05, 3.63) is 424 Å². The van der Waals surface area contributed by atoms with Crippen molar-refractivity contribution in [1.29, 1.82) is 0 Å². The number of aromatic nitrogens is 12. The van der Waals surface area contributed by atoms with Crippen molar-refractivity contribution in [3.63, 3.8) is 0 Å². The van der Waals surface area contributed by atoms with Gasteiger partial charge in [-0.3, -0.25) is 0 Å². The van der Waals surface area contributed by atoms with E-state index in [-0.39, 0.29) is 45.1 Å². The molecule has 0 aliphatic carbocycles. The maximum atomic E-state index is 9.24. The van der Waals surface area contributed by atoms with Crippen molar-refractivity contribution in [2.75, 3.05) is 0 Å². The molecule has 3 N–H and O–H groups in total. The van der Waals surface area contributed by atoms with Crippen molar-refractivity contribution < 1.29 is 75.1 Å². The Morgan fingerprint density at radius 3 is 1.00 bits per heavy atom. The van der Waals surface area contributed by atoms with E-state index < -0.39 is 7.12 Å². The van der Waals surface area contributed by atoms with Crippen LogP contribution in [0.2, 0.25) is 0 Å². The standard InChI is InChI=1S/C28H17BN3O3.C28H16IN3O.C28H17N3O.C16H10BrN3.C12H9BO3.2C4H9.CH4.I2.2Li/c33-29-35-25-11-5-10-21-20-9-4-8-19(27(20)34-28(21)25)17-12-13-22-23(14-17)32(18-6-2-1-3-7-18)24-15-30-16-31-26(22)24;29-23-11-5-10-21-20-9-4-8-19(27(20)33-28(21)23)17-12-13-22-24(14-17)32(18-6-2-1-3-7-18)25-15-30-16-31-26(22)25;1-2-7-19(8-3-1)31-24-15-18(13-14-23(24)27-25(31)16-29-17-30-27)20-10-6-11-22-21-9-4-5-12-26(21)32-28(20)22;17-11-6-7-13-14(8-11)20(12-4-2-1-3-5-12)15-9-18-10-19-16(13)15;14-13(15)10-6-3-5-9-8-4-1-2-7-11(8)16-12(9)10;2*1-3-4-2;;1-2;;/h1-16,33H;1-16H;1-17H;1-10H;1-7,14-15H;2*1,3-4H2,2H3;1H4;;;/q;;;;;2*-1;;;2*+1. The van der Waals surface area contributed by atoms with Gasteiger partial charge in [0, 0.05) is 151 Å². The van der Waals surface area contributed by atoms with Gasteiger partial charge in [-0.25, -0.2) is 39.9 Å². The molecule has 0 atom stereocenters. The molecule has 1 radical (unpaired) electrons. The number of halogens is 4. The largest absolute Gasteiger partial charge is 1.00 e. The third-order valence-electron chi connectivity index (χ3n) is 25.6. The summed E-state index contributed by atoms with van der Waals surface area (Å²) in [6.07, 6.45) is 18.5. The van der Waals surface area contributed by atoms with Gasteiger partial charge in [-0.2, -0.15) is 12.8 Å². The van der Waals surface area contributed by atoms with Gasteiger partial charge in [0.05, 0.1) is 94.6 Å². The number of rotatable bonds is 12. The van der Waals surface area contributed by atoms with Crippen LogP contribution >= 0.6 is 75.8 Å². The Morgan fingerprint density at radius 1 is 0.329 bits per heavy atom. The Bertz CT molecular complexity index is 9630. The minimum atomic E-state index is -1.51. The predicted molar refractivity (Wildman–Crippen MR) is 631 cm³/mol. The number of para-hydroxylation sites is 12. The van der Waals surface area contributed by atoms with Crippen LogP contribution in [0.15, 0.2) is 424 Å². The molecule has 0 aliphatic rings. The summed E-state index contributed by atoms with van der Waals surface area (Å²) in [4.78, 5) is 35.2. The van der Waals surface area contributed by atoms with Crippen LogP contribution < -0.4 is 47.8 Å². The SMILES string of the molecule is Brc1ccc2c3ncncc3n(-c3ccccc3)c2c1.C.II.Ic1cccc2c1oc1c(-c3ccc4c5ncncc5n(-c5ccccc5)c4c3)cccc12.OB(O)c1cccc2c1oc1ccccc12.O[B]Oc1cccc2c1oc1c(-c3ccc4c5ncncc5n(-c5ccccc5)c4c3)cccc12.[CH2-]CCC.[CH2-]CCC.[Li+].[Li+].c1ccc(-n2c3cc(-c4cccc5c4oc4ccccc45)ccc3c3ncncc32)cc1. The molecule has 16 aromatic carbocycles. The molecule has 0 aliphatic heterocycles. The second kappa shape index (κ2) is 47.6. The van der Waals surface area contributed by atoms with Gasteiger partial charge in [-0.05, 0) is 167 Å². The second-order valence-electron chi connectivity index (χ2n) is 34.3. The first-order valence-corrected chi connectivity index (χ1v) is 55.5. The smallest absolute Gasteiger partial charge is 0.535 e. The number of fused-ring (bicyclic) bond motifs is 24. The summed E-state index contributed by atoms with van der Waals surface area (Å²) in [6, 6.07) is 119. The van der Waals surface area contributed by atoms with E-state index in [4.69, 9.17) is 27.3 Å². The molecule has 0 bridgehead atoms. The van der Waals surface area contributed by atoms with E-state index >= 15 is 0 Å². The fourth-order valence-corrected chi connectivity index (χ4v) is 19.9. The molecule has 0 amide bonds. The first kappa shape index (κ1) is 105. The van der Waals surface area contributed by atoms with Gasteiger partial charge in [0.25, 0.3) is 0 Å². The van der Waals surface area contributed by atoms with Gasteiger partial charge >= 0.3 is 52.5 Å². The third-order valence-corrected chi connectivity index (χ3v) is 27.0. The topological polar surface area (TPSA) is 245 Å². The minimum Gasteiger partial charge on any atom is -0.535 e. The Morgan fingerprint density at radius 2 is 0.624 bits per heavy atom. The van der Waals surface area contributed by atoms with Crippen LogP contribution in [0.1, 0.15) is 47.0 Å². The van der Waals surface area contributed by atoms with Crippen LogP contribution in [0.4, 0.5) is 0 Å². The van der Waals surface area contributed by atoms with Crippen molar-refractivity contribution in [3.8, 4) is 61.9 Å². The molecule has 12 aromatic heterocycles. The molecule has 20 nitrogen and oxygen atoms in total. The Labute approximate surface area is 928 Å². The average Bonchev–Trinajstić information content (AvgIpc) is 1.60. The van der Waals surface area contributed by atoms with Gasteiger partial charge in [-0.15, -0.1) is 0 Å². The summed E-state index contributed by atoms with van der Waals surface area (Å²) in [6.45, 7) is 11.4. The van der Waals surface area contributed by atoms with Crippen LogP contribution in [0.3, 0.4) is 0 Å². The Hall–Kier alpha value is -14.1. The van der Waals surface area contributed by atoms with E-state index in [1.54, 1.807) is 43.5 Å². The van der Waals surface area contributed by atoms with Crippen LogP contribution in [0.25, 0.3) is 232 Å². The monoisotopic (exact) mass is 2340 g/mol. The Kier molecular flexibility index (Phi) is 33.5. The summed E-state index contributed by atoms with van der Waals surface area (Å²) >= 11 is 10.1. The minimum absolute atomic E-state index is 0. The summed E-state index contributed by atoms with van der Waals surface area (Å²) in [5.41, 5.74) is 29.5. The van der Waals surface area contributed by atoms with Crippen molar-refractivity contribution >= 4 is 272 Å². The van der Waals surface area contributed by atoms with E-state index in [1.807, 2.05) is 146 Å². The maximum absolute atomic E-state index is 9.24. The maximum Gasteiger partial charge on any atom is 1.00 e. The molecule has 0 fully saturated rings. The van der Waals surface area contributed by atoms with E-state index in [9.17, 15) is 10.0 Å². The normalized spacial score (nSPS) is 11.0. The van der Waals surface area contributed by atoms with Gasteiger partial charge in [0.1, 0.15) is 70.1 Å². The Balaban J connectivity index is 0.000000121. The number of hydrogen-bond acceptors (Lipinski definition) is 16. The van der Waals surface area contributed by atoms with Gasteiger partial charge in [-0.1, -0.05) is 275 Å². The van der Waals surface area contributed by atoms with Crippen molar-refractivity contribution in [2.45, 2.75) is 47.0 Å². The summed E-state index contributed by atoms with van der Waals surface area (Å²) in [5.74, 6) is 0.463. The molecule has 719 valence electrons. The first-order chi connectivity index (χ1) is 71.9. The molecule has 28 aromatic rings. The molecule has 12 heterocycles. The van der Waals surface area contributed by atoms with Crippen molar-refractivity contribution in [1.82, 2.24) is 58.1 Å². The van der Waals surface area contributed by atoms with Gasteiger partial charge in [0.15, 0.2) is 5.58 Å². The van der Waals surface area contributed by atoms with E-state index in [0.29, 0.717) is 30.1 Å². The van der Waals surface area contributed by atoms with Gasteiger partial charge in [0.2, 0.25) is 0 Å². The van der Waals surface area contributed by atoms with E-state index in [0.717, 1.165) is 241 Å². The summed E-state index contributed by atoms with van der Waals surface area (Å²) in [7, 11) is -0.841.